The maximum absolute atomic E-state index is 12.2. The average molecular weight is 258 g/mol. The first kappa shape index (κ1) is 12.2. The smallest absolute Gasteiger partial charge is 0.255 e. The van der Waals surface area contributed by atoms with E-state index in [-0.39, 0.29) is 11.9 Å². The van der Waals surface area contributed by atoms with Crippen molar-refractivity contribution in [2.45, 2.75) is 25.3 Å². The van der Waals surface area contributed by atoms with Gasteiger partial charge in [0.1, 0.15) is 0 Å². The zero-order chi connectivity index (χ0) is 13.2. The van der Waals surface area contributed by atoms with Crippen LogP contribution in [0.4, 0.5) is 0 Å². The highest BCUT2D eigenvalue weighted by atomic mass is 16.1. The molecular formula is C14H18N4O. The Morgan fingerprint density at radius 2 is 2.37 bits per heavy atom. The van der Waals surface area contributed by atoms with Crippen molar-refractivity contribution in [1.82, 2.24) is 14.9 Å². The third-order valence-electron chi connectivity index (χ3n) is 3.91. The van der Waals surface area contributed by atoms with Gasteiger partial charge in [-0.3, -0.25) is 4.79 Å². The summed E-state index contributed by atoms with van der Waals surface area (Å²) < 4.78 is 1.70. The van der Waals surface area contributed by atoms with Crippen molar-refractivity contribution < 1.29 is 4.79 Å². The Balaban J connectivity index is 1.70. The highest BCUT2D eigenvalue weighted by Crippen LogP contribution is 2.23. The summed E-state index contributed by atoms with van der Waals surface area (Å²) in [6.45, 7) is 0.657. The van der Waals surface area contributed by atoms with Crippen molar-refractivity contribution in [3.63, 3.8) is 0 Å². The fourth-order valence-corrected chi connectivity index (χ4v) is 2.75. The number of carbonyl (C=O) groups excluding carboxylic acids is 1. The SMILES string of the molecule is NC1CCCC1CNC(=O)c1cnn2ccccc12. The van der Waals surface area contributed by atoms with Gasteiger partial charge in [-0.25, -0.2) is 4.52 Å². The molecule has 5 nitrogen and oxygen atoms in total. The topological polar surface area (TPSA) is 72.4 Å². The number of hydrogen-bond acceptors (Lipinski definition) is 3. The Morgan fingerprint density at radius 3 is 3.16 bits per heavy atom. The first-order chi connectivity index (χ1) is 9.25. The second-order valence-electron chi connectivity index (χ2n) is 5.15. The number of nitrogens with two attached hydrogens (primary N) is 1. The summed E-state index contributed by atoms with van der Waals surface area (Å²) in [4.78, 5) is 12.2. The highest BCUT2D eigenvalue weighted by Gasteiger charge is 2.24. The Hall–Kier alpha value is -1.88. The molecule has 1 aliphatic carbocycles. The molecule has 0 spiro atoms. The van der Waals surface area contributed by atoms with Gasteiger partial charge in [0.25, 0.3) is 5.91 Å². The van der Waals surface area contributed by atoms with Gasteiger partial charge >= 0.3 is 0 Å². The number of nitrogens with zero attached hydrogens (tertiary/aromatic N) is 2. The van der Waals surface area contributed by atoms with Gasteiger partial charge in [-0.1, -0.05) is 12.5 Å². The fraction of sp³-hybridized carbons (Fsp3) is 0.429. The molecule has 3 N–H and O–H groups in total. The third-order valence-corrected chi connectivity index (χ3v) is 3.91. The van der Waals surface area contributed by atoms with Crippen LogP contribution in [0.1, 0.15) is 29.6 Å². The van der Waals surface area contributed by atoms with Gasteiger partial charge < -0.3 is 11.1 Å². The van der Waals surface area contributed by atoms with Crippen molar-refractivity contribution in [3.8, 4) is 0 Å². The number of rotatable bonds is 3. The van der Waals surface area contributed by atoms with E-state index >= 15 is 0 Å². The van der Waals surface area contributed by atoms with E-state index in [9.17, 15) is 4.79 Å². The third kappa shape index (κ3) is 2.33. The number of pyridine rings is 1. The molecule has 0 radical (unpaired) electrons. The quantitative estimate of drug-likeness (QED) is 0.868. The summed E-state index contributed by atoms with van der Waals surface area (Å²) in [5.74, 6) is 0.339. The van der Waals surface area contributed by atoms with Gasteiger partial charge in [0.05, 0.1) is 17.3 Å². The molecule has 2 unspecified atom stereocenters. The van der Waals surface area contributed by atoms with Crippen LogP contribution in [-0.2, 0) is 0 Å². The van der Waals surface area contributed by atoms with Gasteiger partial charge in [0.2, 0.25) is 0 Å². The monoisotopic (exact) mass is 258 g/mol. The molecule has 1 fully saturated rings. The van der Waals surface area contributed by atoms with E-state index in [1.165, 1.54) is 6.42 Å². The Morgan fingerprint density at radius 1 is 1.47 bits per heavy atom. The van der Waals surface area contributed by atoms with E-state index in [0.29, 0.717) is 18.0 Å². The van der Waals surface area contributed by atoms with Crippen molar-refractivity contribution >= 4 is 11.4 Å². The van der Waals surface area contributed by atoms with E-state index < -0.39 is 0 Å². The van der Waals surface area contributed by atoms with E-state index in [1.807, 2.05) is 24.4 Å². The Kier molecular flexibility index (Phi) is 3.21. The fourth-order valence-electron chi connectivity index (χ4n) is 2.75. The minimum atomic E-state index is -0.0692. The van der Waals surface area contributed by atoms with Crippen LogP contribution in [0, 0.1) is 5.92 Å². The molecule has 1 amide bonds. The minimum absolute atomic E-state index is 0.0692. The lowest BCUT2D eigenvalue weighted by molar-refractivity contribution is 0.0948. The maximum atomic E-state index is 12.2. The van der Waals surface area contributed by atoms with Gasteiger partial charge in [0.15, 0.2) is 0 Å². The van der Waals surface area contributed by atoms with Crippen LogP contribution in [-0.4, -0.2) is 28.1 Å². The van der Waals surface area contributed by atoms with Crippen LogP contribution in [0.2, 0.25) is 0 Å². The first-order valence-corrected chi connectivity index (χ1v) is 6.72. The van der Waals surface area contributed by atoms with E-state index in [1.54, 1.807) is 10.7 Å². The van der Waals surface area contributed by atoms with Crippen molar-refractivity contribution in [3.05, 3.63) is 36.2 Å². The van der Waals surface area contributed by atoms with Crippen molar-refractivity contribution in [2.75, 3.05) is 6.54 Å². The molecule has 1 aliphatic rings. The number of hydrogen-bond donors (Lipinski definition) is 2. The predicted octanol–water partition coefficient (Wildman–Crippen LogP) is 1.19. The molecule has 19 heavy (non-hydrogen) atoms. The first-order valence-electron chi connectivity index (χ1n) is 6.72. The molecule has 0 saturated heterocycles. The number of carbonyl (C=O) groups is 1. The molecule has 2 aromatic heterocycles. The van der Waals surface area contributed by atoms with Crippen LogP contribution < -0.4 is 11.1 Å². The molecule has 2 aromatic rings. The molecule has 0 aromatic carbocycles. The average Bonchev–Trinajstić information content (AvgIpc) is 3.02. The number of aromatic nitrogens is 2. The second kappa shape index (κ2) is 5.01. The van der Waals surface area contributed by atoms with Gasteiger partial charge in [-0.2, -0.15) is 5.10 Å². The Bertz CT molecular complexity index is 592. The molecular weight excluding hydrogens is 240 g/mol. The standard InChI is InChI=1S/C14H18N4O/c15-12-5-3-4-10(12)8-16-14(19)11-9-17-18-7-2-1-6-13(11)18/h1-2,6-7,9-10,12H,3-5,8,15H2,(H,16,19). The molecule has 2 atom stereocenters. The van der Waals surface area contributed by atoms with Gasteiger partial charge in [-0.15, -0.1) is 0 Å². The van der Waals surface area contributed by atoms with Crippen LogP contribution in [0.5, 0.6) is 0 Å². The van der Waals surface area contributed by atoms with Crippen molar-refractivity contribution in [1.29, 1.82) is 0 Å². The van der Waals surface area contributed by atoms with Crippen molar-refractivity contribution in [2.24, 2.45) is 11.7 Å². The lowest BCUT2D eigenvalue weighted by Crippen LogP contribution is -2.35. The molecule has 3 rings (SSSR count). The Labute approximate surface area is 111 Å². The van der Waals surface area contributed by atoms with Crippen LogP contribution in [0.25, 0.3) is 5.52 Å². The lowest BCUT2D eigenvalue weighted by Gasteiger charge is -2.15. The molecule has 0 bridgehead atoms. The zero-order valence-corrected chi connectivity index (χ0v) is 10.7. The van der Waals surface area contributed by atoms with Crippen LogP contribution >= 0.6 is 0 Å². The summed E-state index contributed by atoms with van der Waals surface area (Å²) in [7, 11) is 0. The highest BCUT2D eigenvalue weighted by molar-refractivity contribution is 6.00. The molecule has 2 heterocycles. The summed E-state index contributed by atoms with van der Waals surface area (Å²) in [6, 6.07) is 5.91. The molecule has 5 heteroatoms. The van der Waals surface area contributed by atoms with Crippen LogP contribution in [0.3, 0.4) is 0 Å². The second-order valence-corrected chi connectivity index (χ2v) is 5.15. The molecule has 0 aliphatic heterocycles. The number of nitrogens with one attached hydrogen (secondary N) is 1. The van der Waals surface area contributed by atoms with Crippen LogP contribution in [0.15, 0.2) is 30.6 Å². The lowest BCUT2D eigenvalue weighted by atomic mass is 10.0. The normalized spacial score (nSPS) is 22.8. The van der Waals surface area contributed by atoms with Gasteiger partial charge in [0, 0.05) is 18.8 Å². The minimum Gasteiger partial charge on any atom is -0.352 e. The van der Waals surface area contributed by atoms with E-state index in [4.69, 9.17) is 5.73 Å². The summed E-state index contributed by atoms with van der Waals surface area (Å²) >= 11 is 0. The molecule has 100 valence electrons. The number of amides is 1. The van der Waals surface area contributed by atoms with E-state index in [0.717, 1.165) is 18.4 Å². The largest absolute Gasteiger partial charge is 0.352 e. The van der Waals surface area contributed by atoms with Gasteiger partial charge in [-0.05, 0) is 30.9 Å². The summed E-state index contributed by atoms with van der Waals surface area (Å²) in [6.07, 6.45) is 6.78. The summed E-state index contributed by atoms with van der Waals surface area (Å²) in [5, 5.41) is 7.14. The zero-order valence-electron chi connectivity index (χ0n) is 10.7. The predicted molar refractivity (Wildman–Crippen MR) is 72.8 cm³/mol. The maximum Gasteiger partial charge on any atom is 0.255 e. The van der Waals surface area contributed by atoms with E-state index in [2.05, 4.69) is 10.4 Å². The molecule has 1 saturated carbocycles. The number of fused-ring (bicyclic) bond motifs is 1. The summed E-state index contributed by atoms with van der Waals surface area (Å²) in [5.41, 5.74) is 7.45.